The highest BCUT2D eigenvalue weighted by molar-refractivity contribution is 5.82. The van der Waals surface area contributed by atoms with Gasteiger partial charge in [0.15, 0.2) is 0 Å². The van der Waals surface area contributed by atoms with Crippen LogP contribution in [0.3, 0.4) is 0 Å². The molecule has 1 aliphatic heterocycles. The fourth-order valence-electron chi connectivity index (χ4n) is 2.18. The van der Waals surface area contributed by atoms with Crippen LogP contribution in [0, 0.1) is 5.82 Å². The zero-order valence-corrected chi connectivity index (χ0v) is 8.35. The number of rotatable bonds is 0. The van der Waals surface area contributed by atoms with Crippen LogP contribution in [0.2, 0.25) is 0 Å². The molecule has 0 aliphatic carbocycles. The van der Waals surface area contributed by atoms with E-state index in [1.165, 1.54) is 17.7 Å². The van der Waals surface area contributed by atoms with Crippen molar-refractivity contribution < 1.29 is 8.81 Å². The Labute approximate surface area is 87.1 Å². The number of aryl methyl sites for hydroxylation is 1. The number of benzene rings is 1. The number of hydrogen-bond donors (Lipinski definition) is 1. The quantitative estimate of drug-likeness (QED) is 0.715. The van der Waals surface area contributed by atoms with Crippen LogP contribution in [-0.4, -0.2) is 6.54 Å². The Morgan fingerprint density at radius 3 is 3.20 bits per heavy atom. The molecule has 0 atom stereocenters. The summed E-state index contributed by atoms with van der Waals surface area (Å²) in [6, 6.07) is 4.78. The maximum atomic E-state index is 13.0. The third-order valence-corrected chi connectivity index (χ3v) is 2.90. The van der Waals surface area contributed by atoms with E-state index in [4.69, 9.17) is 4.42 Å². The Morgan fingerprint density at radius 2 is 2.27 bits per heavy atom. The molecule has 0 unspecified atom stereocenters. The summed E-state index contributed by atoms with van der Waals surface area (Å²) in [6.07, 6.45) is 2.12. The Hall–Kier alpha value is -1.35. The molecule has 0 radical (unpaired) electrons. The van der Waals surface area contributed by atoms with E-state index in [0.717, 1.165) is 37.1 Å². The van der Waals surface area contributed by atoms with E-state index in [9.17, 15) is 4.39 Å². The van der Waals surface area contributed by atoms with Crippen LogP contribution in [0.15, 0.2) is 22.6 Å². The van der Waals surface area contributed by atoms with Gasteiger partial charge >= 0.3 is 0 Å². The fourth-order valence-corrected chi connectivity index (χ4v) is 2.18. The Balaban J connectivity index is 2.23. The molecular formula is C12H12FNO. The molecule has 2 aromatic rings. The predicted octanol–water partition coefficient (Wildman–Crippen LogP) is 2.61. The smallest absolute Gasteiger partial charge is 0.137 e. The average Bonchev–Trinajstić information content (AvgIpc) is 2.42. The highest BCUT2D eigenvalue weighted by atomic mass is 19.1. The molecule has 3 rings (SSSR count). The van der Waals surface area contributed by atoms with Crippen molar-refractivity contribution in [1.29, 1.82) is 0 Å². The molecule has 1 aliphatic rings. The third-order valence-electron chi connectivity index (χ3n) is 2.90. The molecule has 78 valence electrons. The second-order valence-electron chi connectivity index (χ2n) is 3.92. The van der Waals surface area contributed by atoms with Crippen LogP contribution in [0.4, 0.5) is 4.39 Å². The summed E-state index contributed by atoms with van der Waals surface area (Å²) in [6.45, 7) is 1.78. The monoisotopic (exact) mass is 205 g/mol. The summed E-state index contributed by atoms with van der Waals surface area (Å²) in [4.78, 5) is 0. The highest BCUT2D eigenvalue weighted by Gasteiger charge is 2.16. The van der Waals surface area contributed by atoms with Crippen molar-refractivity contribution in [3.8, 4) is 0 Å². The minimum absolute atomic E-state index is 0.237. The van der Waals surface area contributed by atoms with Gasteiger partial charge in [-0.05, 0) is 31.5 Å². The van der Waals surface area contributed by atoms with Gasteiger partial charge in [0.1, 0.15) is 17.2 Å². The van der Waals surface area contributed by atoms with Gasteiger partial charge in [-0.2, -0.15) is 0 Å². The molecule has 1 aromatic heterocycles. The first-order valence-electron chi connectivity index (χ1n) is 5.25. The zero-order valence-electron chi connectivity index (χ0n) is 8.35. The average molecular weight is 205 g/mol. The van der Waals surface area contributed by atoms with E-state index in [2.05, 4.69) is 5.32 Å². The van der Waals surface area contributed by atoms with Crippen molar-refractivity contribution in [2.24, 2.45) is 0 Å². The molecule has 15 heavy (non-hydrogen) atoms. The van der Waals surface area contributed by atoms with Crippen molar-refractivity contribution in [2.45, 2.75) is 19.4 Å². The van der Waals surface area contributed by atoms with E-state index in [0.29, 0.717) is 5.58 Å². The lowest BCUT2D eigenvalue weighted by Crippen LogP contribution is -2.11. The van der Waals surface area contributed by atoms with Crippen molar-refractivity contribution in [1.82, 2.24) is 5.32 Å². The van der Waals surface area contributed by atoms with Crippen LogP contribution in [0.5, 0.6) is 0 Å². The second-order valence-corrected chi connectivity index (χ2v) is 3.92. The third kappa shape index (κ3) is 1.43. The van der Waals surface area contributed by atoms with E-state index >= 15 is 0 Å². The van der Waals surface area contributed by atoms with Crippen LogP contribution in [0.1, 0.15) is 17.7 Å². The minimum atomic E-state index is -0.237. The first-order chi connectivity index (χ1) is 7.34. The topological polar surface area (TPSA) is 25.2 Å². The molecule has 1 N–H and O–H groups in total. The summed E-state index contributed by atoms with van der Waals surface area (Å²) in [5.41, 5.74) is 1.92. The van der Waals surface area contributed by atoms with Gasteiger partial charge in [-0.1, -0.05) is 0 Å². The number of hydrogen-bond acceptors (Lipinski definition) is 2. The molecular weight excluding hydrogens is 193 g/mol. The molecule has 0 saturated heterocycles. The number of fused-ring (bicyclic) bond motifs is 3. The first-order valence-corrected chi connectivity index (χ1v) is 5.25. The number of halogens is 1. The van der Waals surface area contributed by atoms with Gasteiger partial charge in [-0.25, -0.2) is 4.39 Å². The van der Waals surface area contributed by atoms with Gasteiger partial charge in [0.2, 0.25) is 0 Å². The van der Waals surface area contributed by atoms with Gasteiger partial charge in [0.05, 0.1) is 6.54 Å². The normalized spacial score (nSPS) is 16.3. The Morgan fingerprint density at radius 1 is 1.33 bits per heavy atom. The van der Waals surface area contributed by atoms with Gasteiger partial charge in [0.25, 0.3) is 0 Å². The molecule has 0 fully saturated rings. The van der Waals surface area contributed by atoms with Gasteiger partial charge in [0, 0.05) is 17.0 Å². The summed E-state index contributed by atoms with van der Waals surface area (Å²) < 4.78 is 18.7. The lowest BCUT2D eigenvalue weighted by Gasteiger charge is -1.95. The summed E-state index contributed by atoms with van der Waals surface area (Å²) >= 11 is 0. The molecule has 2 heterocycles. The minimum Gasteiger partial charge on any atom is -0.459 e. The lowest BCUT2D eigenvalue weighted by atomic mass is 10.1. The van der Waals surface area contributed by atoms with Crippen molar-refractivity contribution in [3.05, 3.63) is 35.3 Å². The Bertz CT molecular complexity index is 504. The van der Waals surface area contributed by atoms with Crippen LogP contribution < -0.4 is 5.32 Å². The van der Waals surface area contributed by atoms with Gasteiger partial charge in [-0.15, -0.1) is 0 Å². The van der Waals surface area contributed by atoms with E-state index in [1.54, 1.807) is 0 Å². The second kappa shape index (κ2) is 3.35. The first kappa shape index (κ1) is 8.92. The van der Waals surface area contributed by atoms with Crippen molar-refractivity contribution in [2.75, 3.05) is 6.54 Å². The predicted molar refractivity (Wildman–Crippen MR) is 56.2 cm³/mol. The van der Waals surface area contributed by atoms with Crippen molar-refractivity contribution in [3.63, 3.8) is 0 Å². The molecule has 0 bridgehead atoms. The van der Waals surface area contributed by atoms with Crippen molar-refractivity contribution >= 4 is 11.0 Å². The molecule has 3 heteroatoms. The molecule has 1 aromatic carbocycles. The van der Waals surface area contributed by atoms with Gasteiger partial charge < -0.3 is 9.73 Å². The SMILES string of the molecule is Fc1ccc2c3c(oc2c1)CNCCC3. The summed E-state index contributed by atoms with van der Waals surface area (Å²) in [5.74, 6) is 0.729. The summed E-state index contributed by atoms with van der Waals surface area (Å²) in [7, 11) is 0. The number of furan rings is 1. The lowest BCUT2D eigenvalue weighted by molar-refractivity contribution is 0.518. The molecule has 0 saturated carbocycles. The molecule has 0 amide bonds. The zero-order chi connectivity index (χ0) is 10.3. The maximum Gasteiger partial charge on any atom is 0.137 e. The fraction of sp³-hybridized carbons (Fsp3) is 0.333. The van der Waals surface area contributed by atoms with Gasteiger partial charge in [-0.3, -0.25) is 0 Å². The largest absolute Gasteiger partial charge is 0.459 e. The molecule has 0 spiro atoms. The van der Waals surface area contributed by atoms with E-state index < -0.39 is 0 Å². The number of nitrogens with one attached hydrogen (secondary N) is 1. The van der Waals surface area contributed by atoms with E-state index in [-0.39, 0.29) is 5.82 Å². The van der Waals surface area contributed by atoms with Crippen LogP contribution in [-0.2, 0) is 13.0 Å². The Kier molecular flexibility index (Phi) is 1.99. The highest BCUT2D eigenvalue weighted by Crippen LogP contribution is 2.28. The molecule has 2 nitrogen and oxygen atoms in total. The maximum absolute atomic E-state index is 13.0. The van der Waals surface area contributed by atoms with Crippen LogP contribution >= 0.6 is 0 Å². The standard InChI is InChI=1S/C12H12FNO/c13-8-3-4-10-9-2-1-5-14-7-12(9)15-11(10)6-8/h3-4,6,14H,1-2,5,7H2. The summed E-state index contributed by atoms with van der Waals surface area (Å²) in [5, 5.41) is 4.36. The van der Waals surface area contributed by atoms with E-state index in [1.807, 2.05) is 6.07 Å². The van der Waals surface area contributed by atoms with Crippen LogP contribution in [0.25, 0.3) is 11.0 Å².